The molecule has 1 unspecified atom stereocenters. The number of benzene rings is 1. The average Bonchev–Trinajstić information content (AvgIpc) is 2.15. The van der Waals surface area contributed by atoms with Gasteiger partial charge in [0, 0.05) is 6.54 Å². The maximum atomic E-state index is 5.61. The zero-order valence-corrected chi connectivity index (χ0v) is 8.09. The van der Waals surface area contributed by atoms with Crippen molar-refractivity contribution < 1.29 is 0 Å². The fraction of sp³-hybridized carbons (Fsp3) is 0.364. The zero-order valence-electron chi connectivity index (χ0n) is 8.09. The van der Waals surface area contributed by atoms with Crippen molar-refractivity contribution in [2.75, 3.05) is 0 Å². The summed E-state index contributed by atoms with van der Waals surface area (Å²) in [6.07, 6.45) is 0.870. The molecule has 0 fully saturated rings. The van der Waals surface area contributed by atoms with Crippen molar-refractivity contribution in [1.29, 1.82) is 0 Å². The summed E-state index contributed by atoms with van der Waals surface area (Å²) in [7, 11) is 0. The molecule has 1 radical (unpaired) electrons. The molecule has 2 nitrogen and oxygen atoms in total. The van der Waals surface area contributed by atoms with Gasteiger partial charge in [0.2, 0.25) is 0 Å². The predicted molar refractivity (Wildman–Crippen MR) is 56.0 cm³/mol. The molecule has 0 aromatic heterocycles. The van der Waals surface area contributed by atoms with Crippen LogP contribution in [-0.2, 0) is 13.0 Å². The highest BCUT2D eigenvalue weighted by atomic mass is 15.0. The van der Waals surface area contributed by atoms with E-state index >= 15 is 0 Å². The summed E-state index contributed by atoms with van der Waals surface area (Å²) < 4.78 is 0. The molecule has 0 aliphatic heterocycles. The molecule has 0 saturated heterocycles. The first-order valence-electron chi connectivity index (χ1n) is 4.59. The number of hydrogen-bond donors (Lipinski definition) is 2. The summed E-state index contributed by atoms with van der Waals surface area (Å²) >= 11 is 0. The number of rotatable bonds is 4. The molecule has 0 aliphatic carbocycles. The lowest BCUT2D eigenvalue weighted by Gasteiger charge is -2.11. The first-order chi connectivity index (χ1) is 6.24. The molecule has 0 aliphatic rings. The van der Waals surface area contributed by atoms with Gasteiger partial charge in [-0.15, -0.1) is 0 Å². The molecular formula is C11H17N2. The molecule has 0 saturated carbocycles. The van der Waals surface area contributed by atoms with Crippen molar-refractivity contribution in [3.05, 3.63) is 42.3 Å². The first-order valence-corrected chi connectivity index (χ1v) is 4.59. The van der Waals surface area contributed by atoms with Crippen molar-refractivity contribution >= 4 is 0 Å². The van der Waals surface area contributed by atoms with Crippen molar-refractivity contribution in [1.82, 2.24) is 5.32 Å². The van der Waals surface area contributed by atoms with Crippen molar-refractivity contribution in [2.24, 2.45) is 5.73 Å². The van der Waals surface area contributed by atoms with E-state index in [4.69, 9.17) is 5.73 Å². The van der Waals surface area contributed by atoms with Gasteiger partial charge in [0.25, 0.3) is 0 Å². The van der Waals surface area contributed by atoms with Crippen molar-refractivity contribution in [2.45, 2.75) is 26.1 Å². The second-order valence-electron chi connectivity index (χ2n) is 3.19. The fourth-order valence-corrected chi connectivity index (χ4v) is 1.24. The molecule has 2 heteroatoms. The standard InChI is InChI=1S/C11H17N2/c1-3-10-6-4-5-7-11(10)8-13-9(2)12/h4-7,9,13H,1,3,8,12H2,2H3. The first kappa shape index (κ1) is 10.2. The number of nitrogens with two attached hydrogens (primary N) is 1. The van der Waals surface area contributed by atoms with Gasteiger partial charge in [0.05, 0.1) is 6.17 Å². The minimum atomic E-state index is 0.0397. The molecular weight excluding hydrogens is 160 g/mol. The average molecular weight is 177 g/mol. The minimum Gasteiger partial charge on any atom is -0.316 e. The van der Waals surface area contributed by atoms with Crippen LogP contribution in [0.2, 0.25) is 0 Å². The Balaban J connectivity index is 2.64. The van der Waals surface area contributed by atoms with Crippen LogP contribution in [0.25, 0.3) is 0 Å². The molecule has 0 amide bonds. The van der Waals surface area contributed by atoms with E-state index in [9.17, 15) is 0 Å². The largest absolute Gasteiger partial charge is 0.316 e. The predicted octanol–water partition coefficient (Wildman–Crippen LogP) is 1.46. The molecule has 0 heterocycles. The second-order valence-corrected chi connectivity index (χ2v) is 3.19. The summed E-state index contributed by atoms with van der Waals surface area (Å²) in [5.41, 5.74) is 8.18. The lowest BCUT2D eigenvalue weighted by atomic mass is 10.1. The van der Waals surface area contributed by atoms with Crippen LogP contribution in [0, 0.1) is 6.92 Å². The smallest absolute Gasteiger partial charge is 0.0519 e. The molecule has 0 bridgehead atoms. The maximum absolute atomic E-state index is 5.61. The monoisotopic (exact) mass is 177 g/mol. The SMILES string of the molecule is [CH2]Cc1ccccc1CNC(C)N. The Morgan fingerprint density at radius 3 is 2.54 bits per heavy atom. The summed E-state index contributed by atoms with van der Waals surface area (Å²) in [6, 6.07) is 8.29. The second kappa shape index (κ2) is 5.00. The van der Waals surface area contributed by atoms with Crippen LogP contribution in [0.4, 0.5) is 0 Å². The highest BCUT2D eigenvalue weighted by Gasteiger charge is 1.99. The van der Waals surface area contributed by atoms with Crippen LogP contribution in [0.3, 0.4) is 0 Å². The van der Waals surface area contributed by atoms with Gasteiger partial charge < -0.3 is 5.73 Å². The van der Waals surface area contributed by atoms with Crippen molar-refractivity contribution in [3.8, 4) is 0 Å². The van der Waals surface area contributed by atoms with E-state index in [1.54, 1.807) is 0 Å². The van der Waals surface area contributed by atoms with Crippen LogP contribution < -0.4 is 11.1 Å². The normalized spacial score (nSPS) is 12.8. The van der Waals surface area contributed by atoms with Gasteiger partial charge in [-0.25, -0.2) is 0 Å². The Kier molecular flexibility index (Phi) is 3.93. The summed E-state index contributed by atoms with van der Waals surface area (Å²) in [6.45, 7) is 6.64. The summed E-state index contributed by atoms with van der Waals surface area (Å²) in [5.74, 6) is 0. The molecule has 1 aromatic carbocycles. The summed E-state index contributed by atoms with van der Waals surface area (Å²) in [5, 5.41) is 3.19. The Bertz CT molecular complexity index is 256. The maximum Gasteiger partial charge on any atom is 0.0519 e. The molecule has 1 atom stereocenters. The van der Waals surface area contributed by atoms with Gasteiger partial charge in [-0.2, -0.15) is 0 Å². The fourth-order valence-electron chi connectivity index (χ4n) is 1.24. The highest BCUT2D eigenvalue weighted by Crippen LogP contribution is 2.08. The van der Waals surface area contributed by atoms with Gasteiger partial charge in [0.15, 0.2) is 0 Å². The Morgan fingerprint density at radius 2 is 2.00 bits per heavy atom. The van der Waals surface area contributed by atoms with Crippen LogP contribution in [-0.4, -0.2) is 6.17 Å². The molecule has 71 valence electrons. The number of nitrogens with one attached hydrogen (secondary N) is 1. The van der Waals surface area contributed by atoms with Gasteiger partial charge in [-0.05, 0) is 31.4 Å². The van der Waals surface area contributed by atoms with Crippen LogP contribution in [0.1, 0.15) is 18.1 Å². The lowest BCUT2D eigenvalue weighted by Crippen LogP contribution is -2.33. The van der Waals surface area contributed by atoms with Gasteiger partial charge in [0.1, 0.15) is 0 Å². The third-order valence-electron chi connectivity index (χ3n) is 2.00. The zero-order chi connectivity index (χ0) is 9.68. The highest BCUT2D eigenvalue weighted by molar-refractivity contribution is 5.27. The lowest BCUT2D eigenvalue weighted by molar-refractivity contribution is 0.565. The molecule has 1 aromatic rings. The van der Waals surface area contributed by atoms with E-state index in [1.807, 2.05) is 19.1 Å². The topological polar surface area (TPSA) is 38.0 Å². The van der Waals surface area contributed by atoms with Crippen molar-refractivity contribution in [3.63, 3.8) is 0 Å². The van der Waals surface area contributed by atoms with E-state index < -0.39 is 0 Å². The van der Waals surface area contributed by atoms with Crippen LogP contribution in [0.5, 0.6) is 0 Å². The molecule has 1 rings (SSSR count). The molecule has 13 heavy (non-hydrogen) atoms. The Hall–Kier alpha value is -0.860. The summed E-state index contributed by atoms with van der Waals surface area (Å²) in [4.78, 5) is 0. The third-order valence-corrected chi connectivity index (χ3v) is 2.00. The van der Waals surface area contributed by atoms with Gasteiger partial charge in [-0.3, -0.25) is 5.32 Å². The quantitative estimate of drug-likeness (QED) is 0.683. The van der Waals surface area contributed by atoms with E-state index in [0.29, 0.717) is 0 Å². The van der Waals surface area contributed by atoms with Crippen LogP contribution >= 0.6 is 0 Å². The Morgan fingerprint density at radius 1 is 1.38 bits per heavy atom. The van der Waals surface area contributed by atoms with E-state index in [-0.39, 0.29) is 6.17 Å². The third kappa shape index (κ3) is 3.17. The van der Waals surface area contributed by atoms with E-state index in [2.05, 4.69) is 24.4 Å². The minimum absolute atomic E-state index is 0.0397. The van der Waals surface area contributed by atoms with Crippen LogP contribution in [0.15, 0.2) is 24.3 Å². The molecule has 0 spiro atoms. The van der Waals surface area contributed by atoms with Gasteiger partial charge in [-0.1, -0.05) is 24.3 Å². The molecule has 3 N–H and O–H groups in total. The van der Waals surface area contributed by atoms with E-state index in [1.165, 1.54) is 11.1 Å². The van der Waals surface area contributed by atoms with Gasteiger partial charge >= 0.3 is 0 Å². The Labute approximate surface area is 80.1 Å². The number of hydrogen-bond acceptors (Lipinski definition) is 2. The van der Waals surface area contributed by atoms with E-state index in [0.717, 1.165) is 13.0 Å².